The summed E-state index contributed by atoms with van der Waals surface area (Å²) in [6, 6.07) is 11.8. The summed E-state index contributed by atoms with van der Waals surface area (Å²) in [6.07, 6.45) is 1.71. The molecular formula is C13H13N. The Hall–Kier alpha value is -1.63. The molecule has 0 aliphatic heterocycles. The van der Waals surface area contributed by atoms with Crippen molar-refractivity contribution < 1.29 is 2.74 Å². The van der Waals surface area contributed by atoms with Gasteiger partial charge in [0.05, 0.1) is 5.69 Å². The van der Waals surface area contributed by atoms with Crippen molar-refractivity contribution in [3.05, 3.63) is 53.7 Å². The van der Waals surface area contributed by atoms with Gasteiger partial charge < -0.3 is 0 Å². The van der Waals surface area contributed by atoms with Gasteiger partial charge in [-0.25, -0.2) is 0 Å². The first-order valence-corrected chi connectivity index (χ1v) is 4.47. The van der Waals surface area contributed by atoms with E-state index in [4.69, 9.17) is 2.74 Å². The lowest BCUT2D eigenvalue weighted by Gasteiger charge is -2.03. The lowest BCUT2D eigenvalue weighted by molar-refractivity contribution is 1.22. The number of hydrogen-bond donors (Lipinski definition) is 0. The number of aryl methyl sites for hydroxylation is 2. The Morgan fingerprint density at radius 2 is 1.86 bits per heavy atom. The molecule has 70 valence electrons. The van der Waals surface area contributed by atoms with Crippen LogP contribution in [0.3, 0.4) is 0 Å². The topological polar surface area (TPSA) is 12.9 Å². The fraction of sp³-hybridized carbons (Fsp3) is 0.154. The molecule has 0 atom stereocenters. The number of aromatic nitrogens is 1. The van der Waals surface area contributed by atoms with E-state index in [9.17, 15) is 0 Å². The van der Waals surface area contributed by atoms with Crippen molar-refractivity contribution in [2.45, 2.75) is 13.8 Å². The molecule has 0 spiro atoms. The Labute approximate surface area is 87.2 Å². The van der Waals surface area contributed by atoms with E-state index in [0.717, 1.165) is 22.4 Å². The van der Waals surface area contributed by atoms with Crippen LogP contribution >= 0.6 is 0 Å². The molecule has 0 bridgehead atoms. The lowest BCUT2D eigenvalue weighted by Crippen LogP contribution is -1.87. The largest absolute Gasteiger partial charge is 0.256 e. The molecule has 1 nitrogen and oxygen atoms in total. The normalized spacial score (nSPS) is 12.0. The van der Waals surface area contributed by atoms with E-state index in [0.29, 0.717) is 0 Å². The van der Waals surface area contributed by atoms with Crippen molar-refractivity contribution in [2.75, 3.05) is 0 Å². The van der Waals surface area contributed by atoms with Gasteiger partial charge in [-0.05, 0) is 31.0 Å². The van der Waals surface area contributed by atoms with Crippen LogP contribution in [0.4, 0.5) is 0 Å². The van der Waals surface area contributed by atoms with E-state index in [1.165, 1.54) is 0 Å². The second-order valence-corrected chi connectivity index (χ2v) is 3.20. The van der Waals surface area contributed by atoms with Crippen molar-refractivity contribution in [1.82, 2.24) is 4.98 Å². The standard InChI is InChI=1S/C13H13N/c1-10-8-13(14-9-11(10)2)12-6-4-3-5-7-12/h3-9H,1-2H3/i1D,2D. The zero-order chi connectivity index (χ0) is 11.4. The predicted octanol–water partition coefficient (Wildman–Crippen LogP) is 3.37. The third kappa shape index (κ3) is 1.67. The van der Waals surface area contributed by atoms with Crippen LogP contribution in [0.2, 0.25) is 0 Å². The van der Waals surface area contributed by atoms with Gasteiger partial charge >= 0.3 is 0 Å². The molecule has 0 amide bonds. The summed E-state index contributed by atoms with van der Waals surface area (Å²) in [5.74, 6) is 0. The van der Waals surface area contributed by atoms with Crippen LogP contribution < -0.4 is 0 Å². The minimum absolute atomic E-state index is 0.191. The number of pyridine rings is 1. The van der Waals surface area contributed by atoms with E-state index in [1.54, 1.807) is 6.20 Å². The van der Waals surface area contributed by atoms with Gasteiger partial charge in [-0.1, -0.05) is 30.3 Å². The Bertz CT molecular complexity index is 469. The molecule has 2 aromatic rings. The first kappa shape index (κ1) is 6.77. The van der Waals surface area contributed by atoms with Crippen LogP contribution in [0, 0.1) is 13.8 Å². The first-order chi connectivity index (χ1) is 7.85. The zero-order valence-corrected chi connectivity index (χ0v) is 7.90. The monoisotopic (exact) mass is 185 g/mol. The quantitative estimate of drug-likeness (QED) is 0.663. The molecule has 0 unspecified atom stereocenters. The van der Waals surface area contributed by atoms with Gasteiger partial charge in [0.15, 0.2) is 0 Å². The highest BCUT2D eigenvalue weighted by atomic mass is 14.7. The maximum atomic E-state index is 7.44. The molecule has 0 aliphatic rings. The molecule has 2 rings (SSSR count). The van der Waals surface area contributed by atoms with Crippen LogP contribution in [0.5, 0.6) is 0 Å². The van der Waals surface area contributed by atoms with Gasteiger partial charge in [-0.2, -0.15) is 0 Å². The van der Waals surface area contributed by atoms with Gasteiger partial charge in [0.1, 0.15) is 0 Å². The summed E-state index contributed by atoms with van der Waals surface area (Å²) in [4.78, 5) is 4.33. The van der Waals surface area contributed by atoms with Crippen molar-refractivity contribution in [3.8, 4) is 11.3 Å². The van der Waals surface area contributed by atoms with Crippen molar-refractivity contribution in [2.24, 2.45) is 0 Å². The molecule has 0 saturated carbocycles. The van der Waals surface area contributed by atoms with Crippen LogP contribution in [0.1, 0.15) is 13.9 Å². The summed E-state index contributed by atoms with van der Waals surface area (Å²) in [5.41, 5.74) is 3.66. The Kier molecular flexibility index (Phi) is 1.75. The van der Waals surface area contributed by atoms with Gasteiger partial charge in [-0.15, -0.1) is 0 Å². The third-order valence-electron chi connectivity index (χ3n) is 2.15. The van der Waals surface area contributed by atoms with E-state index in [1.807, 2.05) is 36.4 Å². The highest BCUT2D eigenvalue weighted by Crippen LogP contribution is 2.18. The summed E-state index contributed by atoms with van der Waals surface area (Å²) < 4.78 is 14.8. The van der Waals surface area contributed by atoms with Gasteiger partial charge in [0, 0.05) is 14.5 Å². The number of rotatable bonds is 1. The molecule has 0 fully saturated rings. The molecular weight excluding hydrogens is 170 g/mol. The molecule has 1 heterocycles. The fourth-order valence-electron chi connectivity index (χ4n) is 1.29. The second kappa shape index (κ2) is 3.62. The van der Waals surface area contributed by atoms with Crippen LogP contribution in [-0.4, -0.2) is 4.98 Å². The third-order valence-corrected chi connectivity index (χ3v) is 2.15. The molecule has 0 N–H and O–H groups in total. The van der Waals surface area contributed by atoms with Gasteiger partial charge in [0.2, 0.25) is 0 Å². The highest BCUT2D eigenvalue weighted by molar-refractivity contribution is 5.59. The lowest BCUT2D eigenvalue weighted by atomic mass is 10.1. The van der Waals surface area contributed by atoms with Crippen molar-refractivity contribution >= 4 is 0 Å². The molecule has 0 aliphatic carbocycles. The minimum atomic E-state index is 0.191. The summed E-state index contributed by atoms with van der Waals surface area (Å²) in [5, 5.41) is 0. The van der Waals surface area contributed by atoms with Crippen molar-refractivity contribution in [1.29, 1.82) is 0 Å². The molecule has 14 heavy (non-hydrogen) atoms. The maximum Gasteiger partial charge on any atom is 0.0704 e. The second-order valence-electron chi connectivity index (χ2n) is 3.20. The minimum Gasteiger partial charge on any atom is -0.256 e. The SMILES string of the molecule is [2H]Cc1cnc(-c2ccccc2)cc1C[2H]. The highest BCUT2D eigenvalue weighted by Gasteiger charge is 1.99. The summed E-state index contributed by atoms with van der Waals surface area (Å²) >= 11 is 0. The first-order valence-electron chi connectivity index (χ1n) is 5.88. The summed E-state index contributed by atoms with van der Waals surface area (Å²) in [7, 11) is 0. The van der Waals surface area contributed by atoms with E-state index >= 15 is 0 Å². The van der Waals surface area contributed by atoms with Crippen LogP contribution in [-0.2, 0) is 0 Å². The zero-order valence-electron chi connectivity index (χ0n) is 9.90. The molecule has 1 aromatic carbocycles. The Morgan fingerprint density at radius 3 is 2.57 bits per heavy atom. The smallest absolute Gasteiger partial charge is 0.0704 e. The van der Waals surface area contributed by atoms with Gasteiger partial charge in [0.25, 0.3) is 0 Å². The Balaban J connectivity index is 2.44. The Morgan fingerprint density at radius 1 is 1.07 bits per heavy atom. The molecule has 0 saturated heterocycles. The van der Waals surface area contributed by atoms with Crippen molar-refractivity contribution in [3.63, 3.8) is 0 Å². The molecule has 1 aromatic heterocycles. The van der Waals surface area contributed by atoms with E-state index in [-0.39, 0.29) is 13.8 Å². The van der Waals surface area contributed by atoms with Crippen LogP contribution in [0.25, 0.3) is 11.3 Å². The average Bonchev–Trinajstić information content (AvgIpc) is 2.39. The maximum absolute atomic E-state index is 7.44. The number of hydrogen-bond acceptors (Lipinski definition) is 1. The summed E-state index contributed by atoms with van der Waals surface area (Å²) in [6.45, 7) is 0.396. The molecule has 1 heteroatoms. The van der Waals surface area contributed by atoms with E-state index in [2.05, 4.69) is 4.98 Å². The number of benzene rings is 1. The van der Waals surface area contributed by atoms with Crippen LogP contribution in [0.15, 0.2) is 42.6 Å². The van der Waals surface area contributed by atoms with E-state index < -0.39 is 0 Å². The molecule has 0 radical (unpaired) electrons. The van der Waals surface area contributed by atoms with Gasteiger partial charge in [-0.3, -0.25) is 4.98 Å². The fourth-order valence-corrected chi connectivity index (χ4v) is 1.29. The number of nitrogens with zero attached hydrogens (tertiary/aromatic N) is 1. The predicted molar refractivity (Wildman–Crippen MR) is 59.1 cm³/mol. The average molecular weight is 185 g/mol.